The van der Waals surface area contributed by atoms with Gasteiger partial charge in [0, 0.05) is 17.6 Å². The number of para-hydroxylation sites is 1. The Hall–Kier alpha value is -1.06. The molecule has 18 heavy (non-hydrogen) atoms. The first-order valence-electron chi connectivity index (χ1n) is 6.60. The molecule has 1 aromatic rings. The molecule has 3 nitrogen and oxygen atoms in total. The van der Waals surface area contributed by atoms with E-state index in [-0.39, 0.29) is 5.54 Å². The van der Waals surface area contributed by atoms with Gasteiger partial charge in [0.05, 0.1) is 13.2 Å². The van der Waals surface area contributed by atoms with Crippen LogP contribution in [0.2, 0.25) is 0 Å². The van der Waals surface area contributed by atoms with Crippen LogP contribution in [0.25, 0.3) is 0 Å². The van der Waals surface area contributed by atoms with Crippen molar-refractivity contribution >= 4 is 0 Å². The van der Waals surface area contributed by atoms with Crippen LogP contribution in [-0.2, 0) is 0 Å². The fourth-order valence-electron chi connectivity index (χ4n) is 2.75. The third-order valence-corrected chi connectivity index (χ3v) is 3.96. The summed E-state index contributed by atoms with van der Waals surface area (Å²) in [5.41, 5.74) is 1.07. The molecule has 2 rings (SSSR count). The quantitative estimate of drug-likeness (QED) is 0.890. The fraction of sp³-hybridized carbons (Fsp3) is 0.600. The van der Waals surface area contributed by atoms with Crippen LogP contribution in [0.1, 0.15) is 38.4 Å². The molecule has 1 aliphatic rings. The maximum Gasteiger partial charge on any atom is 0.124 e. The summed E-state index contributed by atoms with van der Waals surface area (Å²) < 4.78 is 5.30. The van der Waals surface area contributed by atoms with Crippen molar-refractivity contribution in [3.8, 4) is 5.75 Å². The smallest absolute Gasteiger partial charge is 0.124 e. The second-order valence-corrected chi connectivity index (χ2v) is 5.62. The number of hydrogen-bond donors (Lipinski definition) is 1. The van der Waals surface area contributed by atoms with E-state index in [4.69, 9.17) is 4.74 Å². The summed E-state index contributed by atoms with van der Waals surface area (Å²) in [6.07, 6.45) is 1.93. The summed E-state index contributed by atoms with van der Waals surface area (Å²) in [6.45, 7) is 6.23. The van der Waals surface area contributed by atoms with Crippen molar-refractivity contribution in [1.29, 1.82) is 0 Å². The van der Waals surface area contributed by atoms with Gasteiger partial charge in [-0.2, -0.15) is 0 Å². The zero-order valence-corrected chi connectivity index (χ0v) is 11.5. The molecule has 3 heteroatoms. The minimum absolute atomic E-state index is 0.197. The third kappa shape index (κ3) is 2.68. The molecule has 1 fully saturated rings. The number of nitrogens with zero attached hydrogens (tertiary/aromatic N) is 1. The topological polar surface area (TPSA) is 32.7 Å². The van der Waals surface area contributed by atoms with Gasteiger partial charge in [-0.3, -0.25) is 4.90 Å². The second kappa shape index (κ2) is 5.29. The van der Waals surface area contributed by atoms with Gasteiger partial charge in [0.2, 0.25) is 0 Å². The Morgan fingerprint density at radius 2 is 2.11 bits per heavy atom. The van der Waals surface area contributed by atoms with Gasteiger partial charge in [0.15, 0.2) is 0 Å². The minimum atomic E-state index is -0.487. The molecule has 1 saturated heterocycles. The lowest BCUT2D eigenvalue weighted by Crippen LogP contribution is -2.40. The number of methoxy groups -OCH3 is 1. The van der Waals surface area contributed by atoms with Gasteiger partial charge in [-0.1, -0.05) is 18.2 Å². The summed E-state index contributed by atoms with van der Waals surface area (Å²) in [5.74, 6) is 0.766. The Morgan fingerprint density at radius 1 is 1.39 bits per heavy atom. The number of aliphatic hydroxyl groups excluding tert-OH is 1. The molecule has 1 unspecified atom stereocenters. The van der Waals surface area contributed by atoms with E-state index in [9.17, 15) is 5.11 Å². The van der Waals surface area contributed by atoms with Gasteiger partial charge >= 0.3 is 0 Å². The van der Waals surface area contributed by atoms with Gasteiger partial charge in [-0.15, -0.1) is 0 Å². The first kappa shape index (κ1) is 13.4. The van der Waals surface area contributed by atoms with Crippen LogP contribution in [0.3, 0.4) is 0 Å². The number of rotatable bonds is 4. The van der Waals surface area contributed by atoms with E-state index in [1.807, 2.05) is 24.3 Å². The maximum atomic E-state index is 10.4. The lowest BCUT2D eigenvalue weighted by atomic mass is 10.0. The Labute approximate surface area is 109 Å². The Balaban J connectivity index is 2.10. The largest absolute Gasteiger partial charge is 0.496 e. The van der Waals surface area contributed by atoms with Crippen LogP contribution < -0.4 is 4.74 Å². The van der Waals surface area contributed by atoms with Crippen LogP contribution >= 0.6 is 0 Å². The van der Waals surface area contributed by atoms with Crippen molar-refractivity contribution < 1.29 is 9.84 Å². The highest BCUT2D eigenvalue weighted by Gasteiger charge is 2.33. The van der Waals surface area contributed by atoms with Crippen LogP contribution in [0, 0.1) is 0 Å². The SMILES string of the molecule is COc1ccccc1C(O)CN1CCCC1(C)C. The van der Waals surface area contributed by atoms with E-state index in [1.165, 1.54) is 12.8 Å². The molecule has 1 N–H and O–H groups in total. The zero-order chi connectivity index (χ0) is 13.2. The standard InChI is InChI=1S/C15H23NO2/c1-15(2)9-6-10-16(15)11-13(17)12-7-4-5-8-14(12)18-3/h4-5,7-8,13,17H,6,9-11H2,1-3H3. The molecule has 0 spiro atoms. The Bertz CT molecular complexity index is 403. The van der Waals surface area contributed by atoms with Crippen LogP contribution in [0.4, 0.5) is 0 Å². The van der Waals surface area contributed by atoms with Gasteiger partial charge in [0.1, 0.15) is 5.75 Å². The van der Waals surface area contributed by atoms with Crippen LogP contribution in [0.15, 0.2) is 24.3 Å². The Kier molecular flexibility index (Phi) is 3.93. The van der Waals surface area contributed by atoms with Gasteiger partial charge in [-0.25, -0.2) is 0 Å². The molecule has 1 aromatic carbocycles. The number of ether oxygens (including phenoxy) is 1. The number of hydrogen-bond acceptors (Lipinski definition) is 3. The molecular weight excluding hydrogens is 226 g/mol. The molecule has 1 heterocycles. The van der Waals surface area contributed by atoms with Crippen molar-refractivity contribution in [1.82, 2.24) is 4.90 Å². The molecule has 1 aliphatic heterocycles. The van der Waals surface area contributed by atoms with Crippen LogP contribution in [-0.4, -0.2) is 35.7 Å². The molecule has 0 radical (unpaired) electrons. The predicted molar refractivity (Wildman–Crippen MR) is 72.8 cm³/mol. The molecule has 0 amide bonds. The maximum absolute atomic E-state index is 10.4. The lowest BCUT2D eigenvalue weighted by molar-refractivity contribution is 0.0763. The van der Waals surface area contributed by atoms with Gasteiger partial charge in [0.25, 0.3) is 0 Å². The average Bonchev–Trinajstić information content (AvgIpc) is 2.68. The fourth-order valence-corrected chi connectivity index (χ4v) is 2.75. The normalized spacial score (nSPS) is 20.9. The molecular formula is C15H23NO2. The van der Waals surface area contributed by atoms with E-state index in [2.05, 4.69) is 18.7 Å². The van der Waals surface area contributed by atoms with E-state index in [0.717, 1.165) is 17.9 Å². The highest BCUT2D eigenvalue weighted by Crippen LogP contribution is 2.32. The summed E-state index contributed by atoms with van der Waals surface area (Å²) in [4.78, 5) is 2.37. The second-order valence-electron chi connectivity index (χ2n) is 5.62. The highest BCUT2D eigenvalue weighted by atomic mass is 16.5. The number of benzene rings is 1. The molecule has 1 atom stereocenters. The van der Waals surface area contributed by atoms with Crippen molar-refractivity contribution in [2.75, 3.05) is 20.2 Å². The van der Waals surface area contributed by atoms with Crippen LogP contribution in [0.5, 0.6) is 5.75 Å². The molecule has 0 aliphatic carbocycles. The molecule has 0 saturated carbocycles. The Morgan fingerprint density at radius 3 is 2.72 bits per heavy atom. The highest BCUT2D eigenvalue weighted by molar-refractivity contribution is 5.35. The van der Waals surface area contributed by atoms with Crippen molar-refractivity contribution in [3.63, 3.8) is 0 Å². The van der Waals surface area contributed by atoms with Crippen molar-refractivity contribution in [3.05, 3.63) is 29.8 Å². The number of β-amino-alcohol motifs (C(OH)–C–C–N with tert-alkyl or cyclic N) is 1. The monoisotopic (exact) mass is 249 g/mol. The summed E-state index contributed by atoms with van der Waals surface area (Å²) in [6, 6.07) is 7.70. The molecule has 100 valence electrons. The van der Waals surface area contributed by atoms with E-state index in [0.29, 0.717) is 6.54 Å². The van der Waals surface area contributed by atoms with Crippen molar-refractivity contribution in [2.45, 2.75) is 38.3 Å². The number of likely N-dealkylation sites (tertiary alicyclic amines) is 1. The first-order chi connectivity index (χ1) is 8.54. The summed E-state index contributed by atoms with van der Waals surface area (Å²) in [5, 5.41) is 10.4. The van der Waals surface area contributed by atoms with E-state index >= 15 is 0 Å². The van der Waals surface area contributed by atoms with Gasteiger partial charge < -0.3 is 9.84 Å². The minimum Gasteiger partial charge on any atom is -0.496 e. The summed E-state index contributed by atoms with van der Waals surface area (Å²) in [7, 11) is 1.64. The van der Waals surface area contributed by atoms with Crippen molar-refractivity contribution in [2.24, 2.45) is 0 Å². The molecule has 0 aromatic heterocycles. The van der Waals surface area contributed by atoms with E-state index in [1.54, 1.807) is 7.11 Å². The molecule has 0 bridgehead atoms. The first-order valence-corrected chi connectivity index (χ1v) is 6.60. The zero-order valence-electron chi connectivity index (χ0n) is 11.5. The predicted octanol–water partition coefficient (Wildman–Crippen LogP) is 2.60. The number of aliphatic hydroxyl groups is 1. The third-order valence-electron chi connectivity index (χ3n) is 3.96. The summed E-state index contributed by atoms with van der Waals surface area (Å²) >= 11 is 0. The average molecular weight is 249 g/mol. The van der Waals surface area contributed by atoms with E-state index < -0.39 is 6.10 Å². The lowest BCUT2D eigenvalue weighted by Gasteiger charge is -2.33. The van der Waals surface area contributed by atoms with Gasteiger partial charge in [-0.05, 0) is 39.3 Å².